The largest absolute Gasteiger partial charge is 0.466 e. The zero-order valence-electron chi connectivity index (χ0n) is 11.0. The molecule has 7 nitrogen and oxygen atoms in total. The number of hydrogen-bond acceptors (Lipinski definition) is 6. The molecule has 0 radical (unpaired) electrons. The third kappa shape index (κ3) is 6.53. The van der Waals surface area contributed by atoms with Crippen molar-refractivity contribution in [3.05, 3.63) is 0 Å². The Kier molecular flexibility index (Phi) is 6.23. The van der Waals surface area contributed by atoms with E-state index < -0.39 is 9.84 Å². The fourth-order valence-electron chi connectivity index (χ4n) is 1.83. The Hall–Kier alpha value is -1.15. The molecule has 19 heavy (non-hydrogen) atoms. The van der Waals surface area contributed by atoms with Crippen LogP contribution in [-0.4, -0.2) is 57.5 Å². The molecular formula is C11H20N2O5S. The number of hydrogen-bond donors (Lipinski definition) is 2. The van der Waals surface area contributed by atoms with Gasteiger partial charge in [-0.15, -0.1) is 0 Å². The fourth-order valence-corrected chi connectivity index (χ4v) is 3.28. The highest BCUT2D eigenvalue weighted by molar-refractivity contribution is 7.91. The van der Waals surface area contributed by atoms with Gasteiger partial charge >= 0.3 is 5.97 Å². The van der Waals surface area contributed by atoms with Crippen LogP contribution in [0.15, 0.2) is 0 Å². The lowest BCUT2D eigenvalue weighted by molar-refractivity contribution is -0.143. The summed E-state index contributed by atoms with van der Waals surface area (Å²) >= 11 is 0. The van der Waals surface area contributed by atoms with Crippen LogP contribution in [0.5, 0.6) is 0 Å². The Labute approximate surface area is 113 Å². The van der Waals surface area contributed by atoms with Crippen LogP contribution in [0.3, 0.4) is 0 Å². The Bertz CT molecular complexity index is 421. The maximum Gasteiger partial charge on any atom is 0.307 e. The van der Waals surface area contributed by atoms with E-state index in [1.54, 1.807) is 6.92 Å². The van der Waals surface area contributed by atoms with Gasteiger partial charge in [-0.25, -0.2) is 8.42 Å². The van der Waals surface area contributed by atoms with Crippen molar-refractivity contribution in [1.82, 2.24) is 10.6 Å². The third-order valence-corrected chi connectivity index (χ3v) is 4.43. The molecule has 1 aliphatic rings. The molecule has 0 aromatic carbocycles. The Morgan fingerprint density at radius 1 is 1.42 bits per heavy atom. The standard InChI is InChI=1S/C11H20N2O5S/c1-2-18-11(15)3-4-13-10(14)7-9-8-19(16,17)6-5-12-9/h9,12H,2-8H2,1H3,(H,13,14). The first-order valence-corrected chi connectivity index (χ1v) is 8.11. The predicted molar refractivity (Wildman–Crippen MR) is 69.3 cm³/mol. The molecule has 1 atom stereocenters. The van der Waals surface area contributed by atoms with E-state index in [4.69, 9.17) is 4.74 Å². The van der Waals surface area contributed by atoms with E-state index in [0.29, 0.717) is 13.2 Å². The minimum atomic E-state index is -3.04. The van der Waals surface area contributed by atoms with Gasteiger partial charge in [0.15, 0.2) is 9.84 Å². The summed E-state index contributed by atoms with van der Waals surface area (Å²) in [4.78, 5) is 22.6. The topological polar surface area (TPSA) is 102 Å². The first kappa shape index (κ1) is 15.9. The van der Waals surface area contributed by atoms with E-state index in [2.05, 4.69) is 10.6 Å². The van der Waals surface area contributed by atoms with Gasteiger partial charge in [-0.3, -0.25) is 9.59 Å². The van der Waals surface area contributed by atoms with Crippen molar-refractivity contribution in [2.24, 2.45) is 0 Å². The molecule has 0 saturated carbocycles. The molecule has 1 rings (SSSR count). The average Bonchev–Trinajstić information content (AvgIpc) is 2.27. The highest BCUT2D eigenvalue weighted by atomic mass is 32.2. The van der Waals surface area contributed by atoms with E-state index in [-0.39, 0.29) is 48.8 Å². The molecule has 110 valence electrons. The molecule has 1 unspecified atom stereocenters. The van der Waals surface area contributed by atoms with Crippen LogP contribution in [0.25, 0.3) is 0 Å². The molecule has 0 spiro atoms. The number of esters is 1. The lowest BCUT2D eigenvalue weighted by atomic mass is 10.2. The van der Waals surface area contributed by atoms with Gasteiger partial charge in [-0.2, -0.15) is 0 Å². The molecular weight excluding hydrogens is 272 g/mol. The van der Waals surface area contributed by atoms with E-state index in [1.807, 2.05) is 0 Å². The first-order chi connectivity index (χ1) is 8.93. The molecule has 1 heterocycles. The number of sulfone groups is 1. The Morgan fingerprint density at radius 2 is 2.16 bits per heavy atom. The lowest BCUT2D eigenvalue weighted by Crippen LogP contribution is -2.47. The quantitative estimate of drug-likeness (QED) is 0.598. The van der Waals surface area contributed by atoms with Crippen molar-refractivity contribution in [1.29, 1.82) is 0 Å². The van der Waals surface area contributed by atoms with Crippen LogP contribution in [0.2, 0.25) is 0 Å². The summed E-state index contributed by atoms with van der Waals surface area (Å²) < 4.78 is 27.5. The number of carbonyl (C=O) groups excluding carboxylic acids is 2. The first-order valence-electron chi connectivity index (χ1n) is 6.29. The van der Waals surface area contributed by atoms with Crippen molar-refractivity contribution in [2.45, 2.75) is 25.8 Å². The third-order valence-electron chi connectivity index (χ3n) is 2.69. The Balaban J connectivity index is 2.22. The molecule has 1 amide bonds. The van der Waals surface area contributed by atoms with Crippen LogP contribution in [0.1, 0.15) is 19.8 Å². The van der Waals surface area contributed by atoms with Crippen molar-refractivity contribution < 1.29 is 22.7 Å². The highest BCUT2D eigenvalue weighted by Crippen LogP contribution is 2.04. The Morgan fingerprint density at radius 3 is 2.79 bits per heavy atom. The van der Waals surface area contributed by atoms with Gasteiger partial charge in [0.2, 0.25) is 5.91 Å². The zero-order valence-corrected chi connectivity index (χ0v) is 11.8. The van der Waals surface area contributed by atoms with E-state index >= 15 is 0 Å². The second-order valence-electron chi connectivity index (χ2n) is 4.37. The van der Waals surface area contributed by atoms with Gasteiger partial charge in [-0.1, -0.05) is 0 Å². The van der Waals surface area contributed by atoms with Crippen LogP contribution < -0.4 is 10.6 Å². The number of carbonyl (C=O) groups is 2. The second kappa shape index (κ2) is 7.44. The minimum Gasteiger partial charge on any atom is -0.466 e. The van der Waals surface area contributed by atoms with E-state index in [0.717, 1.165) is 0 Å². The number of nitrogens with one attached hydrogen (secondary N) is 2. The number of ether oxygens (including phenoxy) is 1. The van der Waals surface area contributed by atoms with Crippen LogP contribution in [0.4, 0.5) is 0 Å². The lowest BCUT2D eigenvalue weighted by Gasteiger charge is -2.23. The summed E-state index contributed by atoms with van der Waals surface area (Å²) in [7, 11) is -3.04. The molecule has 0 aromatic heterocycles. The molecule has 0 bridgehead atoms. The summed E-state index contributed by atoms with van der Waals surface area (Å²) in [5.41, 5.74) is 0. The monoisotopic (exact) mass is 292 g/mol. The van der Waals surface area contributed by atoms with Crippen LogP contribution >= 0.6 is 0 Å². The fraction of sp³-hybridized carbons (Fsp3) is 0.818. The van der Waals surface area contributed by atoms with Crippen molar-refractivity contribution in [3.8, 4) is 0 Å². The highest BCUT2D eigenvalue weighted by Gasteiger charge is 2.25. The van der Waals surface area contributed by atoms with E-state index in [1.165, 1.54) is 0 Å². The summed E-state index contributed by atoms with van der Waals surface area (Å²) in [5.74, 6) is -0.521. The SMILES string of the molecule is CCOC(=O)CCNC(=O)CC1CS(=O)(=O)CCN1. The molecule has 1 aliphatic heterocycles. The maximum absolute atomic E-state index is 11.6. The molecule has 1 saturated heterocycles. The number of amides is 1. The van der Waals surface area contributed by atoms with Crippen molar-refractivity contribution >= 4 is 21.7 Å². The zero-order chi connectivity index (χ0) is 14.3. The van der Waals surface area contributed by atoms with E-state index in [9.17, 15) is 18.0 Å². The summed E-state index contributed by atoms with van der Waals surface area (Å²) in [6.45, 7) is 2.61. The smallest absolute Gasteiger partial charge is 0.307 e. The van der Waals surface area contributed by atoms with Crippen molar-refractivity contribution in [2.75, 3.05) is 31.2 Å². The predicted octanol–water partition coefficient (Wildman–Crippen LogP) is -1.17. The maximum atomic E-state index is 11.6. The minimum absolute atomic E-state index is 0.0156. The molecule has 8 heteroatoms. The van der Waals surface area contributed by atoms with Gasteiger partial charge in [0.05, 0.1) is 24.5 Å². The van der Waals surface area contributed by atoms with Gasteiger partial charge in [0, 0.05) is 25.6 Å². The molecule has 0 aliphatic carbocycles. The molecule has 1 fully saturated rings. The average molecular weight is 292 g/mol. The van der Waals surface area contributed by atoms with Gasteiger partial charge in [0.25, 0.3) is 0 Å². The van der Waals surface area contributed by atoms with Crippen LogP contribution in [-0.2, 0) is 24.2 Å². The summed E-state index contributed by atoms with van der Waals surface area (Å²) in [5, 5.41) is 5.57. The van der Waals surface area contributed by atoms with Gasteiger partial charge in [-0.05, 0) is 6.92 Å². The summed E-state index contributed by atoms with van der Waals surface area (Å²) in [6.07, 6.45) is 0.220. The normalized spacial score (nSPS) is 21.6. The van der Waals surface area contributed by atoms with Crippen molar-refractivity contribution in [3.63, 3.8) is 0 Å². The van der Waals surface area contributed by atoms with Gasteiger partial charge in [0.1, 0.15) is 0 Å². The molecule has 0 aromatic rings. The molecule has 2 N–H and O–H groups in total. The number of rotatable bonds is 6. The van der Waals surface area contributed by atoms with Crippen LogP contribution in [0, 0.1) is 0 Å². The summed E-state index contributed by atoms with van der Waals surface area (Å²) in [6, 6.07) is -0.346. The van der Waals surface area contributed by atoms with Gasteiger partial charge < -0.3 is 15.4 Å². The second-order valence-corrected chi connectivity index (χ2v) is 6.60.